The first-order valence-corrected chi connectivity index (χ1v) is 7.06. The fourth-order valence-electron chi connectivity index (χ4n) is 3.57. The molecule has 0 aromatic carbocycles. The molecular formula is C14H27N3. The van der Waals surface area contributed by atoms with Crippen LogP contribution in [0.4, 0.5) is 0 Å². The average Bonchev–Trinajstić information content (AvgIpc) is 2.97. The van der Waals surface area contributed by atoms with E-state index in [-0.39, 0.29) is 0 Å². The Hall–Kier alpha value is -0.570. The van der Waals surface area contributed by atoms with Gasteiger partial charge >= 0.3 is 0 Å². The number of hydrogen-bond donors (Lipinski definition) is 2. The molecule has 3 nitrogen and oxygen atoms in total. The summed E-state index contributed by atoms with van der Waals surface area (Å²) in [4.78, 5) is 2.56. The Balaban J connectivity index is 1.87. The van der Waals surface area contributed by atoms with Crippen molar-refractivity contribution in [1.82, 2.24) is 4.90 Å². The Morgan fingerprint density at radius 1 is 1.35 bits per heavy atom. The third kappa shape index (κ3) is 3.21. The third-order valence-corrected chi connectivity index (χ3v) is 4.74. The maximum absolute atomic E-state index is 7.48. The van der Waals surface area contributed by atoms with Gasteiger partial charge in [0.2, 0.25) is 0 Å². The fourth-order valence-corrected chi connectivity index (χ4v) is 3.57. The highest BCUT2D eigenvalue weighted by molar-refractivity contribution is 5.78. The van der Waals surface area contributed by atoms with Crippen LogP contribution in [-0.2, 0) is 0 Å². The summed E-state index contributed by atoms with van der Waals surface area (Å²) in [5.74, 6) is 1.20. The lowest BCUT2D eigenvalue weighted by molar-refractivity contribution is 0.117. The second kappa shape index (κ2) is 4.97. The van der Waals surface area contributed by atoms with Crippen molar-refractivity contribution in [2.75, 3.05) is 13.6 Å². The van der Waals surface area contributed by atoms with E-state index in [2.05, 4.69) is 18.9 Å². The van der Waals surface area contributed by atoms with Gasteiger partial charge in [-0.2, -0.15) is 0 Å². The van der Waals surface area contributed by atoms with Crippen molar-refractivity contribution in [3.05, 3.63) is 0 Å². The molecule has 0 aromatic rings. The second-order valence-corrected chi connectivity index (χ2v) is 6.45. The van der Waals surface area contributed by atoms with Crippen LogP contribution in [0.15, 0.2) is 0 Å². The maximum Gasteiger partial charge on any atom is 0.0911 e. The number of nitrogens with two attached hydrogens (primary N) is 1. The SMILES string of the molecule is CC1CCCCC1N(C)CC1(CC(=N)N)CC1. The Labute approximate surface area is 105 Å². The van der Waals surface area contributed by atoms with E-state index in [4.69, 9.17) is 11.1 Å². The van der Waals surface area contributed by atoms with Crippen LogP contribution in [0.3, 0.4) is 0 Å². The van der Waals surface area contributed by atoms with Gasteiger partial charge in [-0.05, 0) is 44.1 Å². The van der Waals surface area contributed by atoms with Crippen molar-refractivity contribution in [2.45, 2.75) is 57.9 Å². The number of amidine groups is 1. The van der Waals surface area contributed by atoms with Crippen LogP contribution in [0.1, 0.15) is 51.9 Å². The van der Waals surface area contributed by atoms with E-state index in [1.807, 2.05) is 0 Å². The summed E-state index contributed by atoms with van der Waals surface area (Å²) in [7, 11) is 2.27. The molecule has 0 aromatic heterocycles. The van der Waals surface area contributed by atoms with E-state index in [0.717, 1.165) is 24.9 Å². The molecule has 0 spiro atoms. The molecule has 2 atom stereocenters. The molecule has 0 saturated heterocycles. The summed E-state index contributed by atoms with van der Waals surface area (Å²) in [6.07, 6.45) is 8.86. The topological polar surface area (TPSA) is 53.1 Å². The zero-order valence-corrected chi connectivity index (χ0v) is 11.3. The summed E-state index contributed by atoms with van der Waals surface area (Å²) in [5, 5.41) is 7.48. The number of nitrogens with one attached hydrogen (secondary N) is 1. The lowest BCUT2D eigenvalue weighted by Crippen LogP contribution is -2.42. The molecule has 0 bridgehead atoms. The first kappa shape index (κ1) is 12.9. The molecular weight excluding hydrogens is 210 g/mol. The summed E-state index contributed by atoms with van der Waals surface area (Å²) in [6.45, 7) is 3.53. The van der Waals surface area contributed by atoms with Crippen LogP contribution in [-0.4, -0.2) is 30.4 Å². The van der Waals surface area contributed by atoms with Gasteiger partial charge in [0.1, 0.15) is 0 Å². The van der Waals surface area contributed by atoms with Crippen LogP contribution in [0.25, 0.3) is 0 Å². The Bertz CT molecular complexity index is 283. The molecule has 98 valence electrons. The van der Waals surface area contributed by atoms with Crippen molar-refractivity contribution in [1.29, 1.82) is 5.41 Å². The van der Waals surface area contributed by atoms with Crippen LogP contribution in [0.5, 0.6) is 0 Å². The average molecular weight is 237 g/mol. The highest BCUT2D eigenvalue weighted by Crippen LogP contribution is 2.49. The largest absolute Gasteiger partial charge is 0.388 e. The van der Waals surface area contributed by atoms with Gasteiger partial charge in [0.25, 0.3) is 0 Å². The summed E-state index contributed by atoms with van der Waals surface area (Å²) in [6, 6.07) is 0.758. The first-order chi connectivity index (χ1) is 8.02. The molecule has 0 radical (unpaired) electrons. The molecule has 3 heteroatoms. The zero-order valence-electron chi connectivity index (χ0n) is 11.3. The smallest absolute Gasteiger partial charge is 0.0911 e. The lowest BCUT2D eigenvalue weighted by Gasteiger charge is -2.38. The van der Waals surface area contributed by atoms with E-state index in [9.17, 15) is 0 Å². The van der Waals surface area contributed by atoms with E-state index in [1.165, 1.54) is 38.5 Å². The van der Waals surface area contributed by atoms with Crippen molar-refractivity contribution in [2.24, 2.45) is 17.1 Å². The molecule has 2 fully saturated rings. The molecule has 0 amide bonds. The standard InChI is InChI=1S/C14H27N3/c1-11-5-3-4-6-12(11)17(2)10-14(7-8-14)9-13(15)16/h11-12H,3-10H2,1-2H3,(H3,15,16). The van der Waals surface area contributed by atoms with Crippen LogP contribution < -0.4 is 5.73 Å². The zero-order chi connectivity index (χ0) is 12.5. The van der Waals surface area contributed by atoms with Gasteiger partial charge in [-0.3, -0.25) is 5.41 Å². The Morgan fingerprint density at radius 3 is 2.53 bits per heavy atom. The normalized spacial score (nSPS) is 31.5. The van der Waals surface area contributed by atoms with Crippen molar-refractivity contribution < 1.29 is 0 Å². The molecule has 2 rings (SSSR count). The molecule has 2 aliphatic rings. The lowest BCUT2D eigenvalue weighted by atomic mass is 9.84. The summed E-state index contributed by atoms with van der Waals surface area (Å²) in [5.41, 5.74) is 5.92. The van der Waals surface area contributed by atoms with Gasteiger partial charge in [0.05, 0.1) is 5.84 Å². The molecule has 3 N–H and O–H groups in total. The van der Waals surface area contributed by atoms with E-state index in [0.29, 0.717) is 11.3 Å². The minimum Gasteiger partial charge on any atom is -0.388 e. The van der Waals surface area contributed by atoms with Crippen molar-refractivity contribution in [3.8, 4) is 0 Å². The van der Waals surface area contributed by atoms with Crippen molar-refractivity contribution >= 4 is 5.84 Å². The molecule has 0 aliphatic heterocycles. The van der Waals surface area contributed by atoms with Crippen molar-refractivity contribution in [3.63, 3.8) is 0 Å². The van der Waals surface area contributed by atoms with Gasteiger partial charge in [0, 0.05) is 19.0 Å². The molecule has 17 heavy (non-hydrogen) atoms. The summed E-state index contributed by atoms with van der Waals surface area (Å²) >= 11 is 0. The summed E-state index contributed by atoms with van der Waals surface area (Å²) < 4.78 is 0. The van der Waals surface area contributed by atoms with Gasteiger partial charge in [0.15, 0.2) is 0 Å². The molecule has 2 aliphatic carbocycles. The first-order valence-electron chi connectivity index (χ1n) is 7.06. The predicted octanol–water partition coefficient (Wildman–Crippen LogP) is 2.60. The van der Waals surface area contributed by atoms with Gasteiger partial charge < -0.3 is 10.6 Å². The Morgan fingerprint density at radius 2 is 2.00 bits per heavy atom. The number of rotatable bonds is 5. The second-order valence-electron chi connectivity index (χ2n) is 6.45. The van der Waals surface area contributed by atoms with Crippen LogP contribution >= 0.6 is 0 Å². The monoisotopic (exact) mass is 237 g/mol. The van der Waals surface area contributed by atoms with E-state index < -0.39 is 0 Å². The minimum atomic E-state index is 0.359. The maximum atomic E-state index is 7.48. The minimum absolute atomic E-state index is 0.359. The molecule has 0 heterocycles. The molecule has 2 unspecified atom stereocenters. The van der Waals surface area contributed by atoms with E-state index in [1.54, 1.807) is 0 Å². The van der Waals surface area contributed by atoms with Crippen LogP contribution in [0.2, 0.25) is 0 Å². The highest BCUT2D eigenvalue weighted by Gasteiger charge is 2.44. The Kier molecular flexibility index (Phi) is 3.76. The quantitative estimate of drug-likeness (QED) is 0.570. The number of nitrogens with zero attached hydrogens (tertiary/aromatic N) is 1. The van der Waals surface area contributed by atoms with Gasteiger partial charge in [-0.1, -0.05) is 19.8 Å². The van der Waals surface area contributed by atoms with E-state index >= 15 is 0 Å². The van der Waals surface area contributed by atoms with Crippen LogP contribution in [0, 0.1) is 16.7 Å². The van der Waals surface area contributed by atoms with Gasteiger partial charge in [-0.25, -0.2) is 0 Å². The third-order valence-electron chi connectivity index (χ3n) is 4.74. The number of hydrogen-bond acceptors (Lipinski definition) is 2. The highest BCUT2D eigenvalue weighted by atomic mass is 15.1. The fraction of sp³-hybridized carbons (Fsp3) is 0.929. The predicted molar refractivity (Wildman–Crippen MR) is 72.2 cm³/mol. The van der Waals surface area contributed by atoms with Gasteiger partial charge in [-0.15, -0.1) is 0 Å². The molecule has 2 saturated carbocycles.